The van der Waals surface area contributed by atoms with Gasteiger partial charge in [0, 0.05) is 6.08 Å². The third-order valence-electron chi connectivity index (χ3n) is 1.36. The van der Waals surface area contributed by atoms with Crippen LogP contribution in [0.15, 0.2) is 36.5 Å². The van der Waals surface area contributed by atoms with Crippen LogP contribution in [0.1, 0.15) is 19.8 Å². The minimum atomic E-state index is -0.331. The Morgan fingerprint density at radius 3 is 2.54 bits per heavy atom. The first kappa shape index (κ1) is 11.7. The third kappa shape index (κ3) is 8.60. The number of carbonyl (C=O) groups excluding carboxylic acids is 1. The lowest BCUT2D eigenvalue weighted by molar-refractivity contribution is -0.134. The van der Waals surface area contributed by atoms with Gasteiger partial charge in [-0.25, -0.2) is 4.79 Å². The Kier molecular flexibility index (Phi) is 7.90. The van der Waals surface area contributed by atoms with Gasteiger partial charge in [-0.2, -0.15) is 0 Å². The van der Waals surface area contributed by atoms with Gasteiger partial charge in [-0.3, -0.25) is 0 Å². The normalized spacial score (nSPS) is 11.8. The molecule has 0 aliphatic carbocycles. The predicted molar refractivity (Wildman–Crippen MR) is 54.3 cm³/mol. The van der Waals surface area contributed by atoms with Crippen molar-refractivity contribution < 1.29 is 9.53 Å². The van der Waals surface area contributed by atoms with Crippen LogP contribution in [0.2, 0.25) is 0 Å². The van der Waals surface area contributed by atoms with Gasteiger partial charge in [0.2, 0.25) is 0 Å². The zero-order valence-corrected chi connectivity index (χ0v) is 8.19. The molecule has 0 saturated carbocycles. The summed E-state index contributed by atoms with van der Waals surface area (Å²) in [6, 6.07) is 0. The van der Waals surface area contributed by atoms with Gasteiger partial charge in [0.15, 0.2) is 0 Å². The van der Waals surface area contributed by atoms with Gasteiger partial charge in [-0.1, -0.05) is 43.7 Å². The lowest BCUT2D eigenvalue weighted by Crippen LogP contribution is -1.92. The highest BCUT2D eigenvalue weighted by Crippen LogP contribution is 1.89. The Morgan fingerprint density at radius 1 is 1.23 bits per heavy atom. The highest BCUT2D eigenvalue weighted by Gasteiger charge is 1.85. The van der Waals surface area contributed by atoms with E-state index in [1.807, 2.05) is 12.2 Å². The largest absolute Gasteiger partial charge is 0.466 e. The molecule has 0 heterocycles. The van der Waals surface area contributed by atoms with E-state index in [0.717, 1.165) is 12.8 Å². The molecule has 0 atom stereocenters. The van der Waals surface area contributed by atoms with Gasteiger partial charge >= 0.3 is 5.97 Å². The number of allylic oxidation sites excluding steroid dienone is 5. The van der Waals surface area contributed by atoms with Crippen molar-refractivity contribution in [1.29, 1.82) is 0 Å². The van der Waals surface area contributed by atoms with Crippen LogP contribution in [0.5, 0.6) is 0 Å². The van der Waals surface area contributed by atoms with Crippen LogP contribution in [-0.4, -0.2) is 13.1 Å². The third-order valence-corrected chi connectivity index (χ3v) is 1.36. The molecule has 13 heavy (non-hydrogen) atoms. The molecule has 0 radical (unpaired) electrons. The van der Waals surface area contributed by atoms with Crippen LogP contribution in [0.3, 0.4) is 0 Å². The molecule has 0 aromatic heterocycles. The molecule has 2 heteroatoms. The smallest absolute Gasteiger partial charge is 0.330 e. The van der Waals surface area contributed by atoms with Crippen LogP contribution >= 0.6 is 0 Å². The monoisotopic (exact) mass is 180 g/mol. The standard InChI is InChI=1S/C11H16O2/c1-3-4-5-6-7-8-9-10-11(12)13-2/h5-10H,3-4H2,1-2H3/b6-5?,8-7+,10-9+. The summed E-state index contributed by atoms with van der Waals surface area (Å²) >= 11 is 0. The molecule has 72 valence electrons. The van der Waals surface area contributed by atoms with Crippen LogP contribution < -0.4 is 0 Å². The molecular weight excluding hydrogens is 164 g/mol. The summed E-state index contributed by atoms with van der Waals surface area (Å²) < 4.78 is 4.42. The molecule has 0 rings (SSSR count). The van der Waals surface area contributed by atoms with E-state index in [1.54, 1.807) is 12.2 Å². The fraction of sp³-hybridized carbons (Fsp3) is 0.364. The van der Waals surface area contributed by atoms with Gasteiger partial charge in [0.05, 0.1) is 7.11 Å². The maximum absolute atomic E-state index is 10.6. The van der Waals surface area contributed by atoms with E-state index in [-0.39, 0.29) is 5.97 Å². The molecule has 0 N–H and O–H groups in total. The van der Waals surface area contributed by atoms with E-state index in [0.29, 0.717) is 0 Å². The topological polar surface area (TPSA) is 26.3 Å². The van der Waals surface area contributed by atoms with E-state index in [1.165, 1.54) is 13.2 Å². The van der Waals surface area contributed by atoms with Crippen molar-refractivity contribution >= 4 is 5.97 Å². The number of hydrogen-bond donors (Lipinski definition) is 0. The Morgan fingerprint density at radius 2 is 1.92 bits per heavy atom. The molecule has 0 saturated heterocycles. The van der Waals surface area contributed by atoms with E-state index < -0.39 is 0 Å². The Bertz CT molecular complexity index is 212. The minimum Gasteiger partial charge on any atom is -0.466 e. The zero-order valence-electron chi connectivity index (χ0n) is 8.19. The lowest BCUT2D eigenvalue weighted by atomic mass is 10.3. The fourth-order valence-electron chi connectivity index (χ4n) is 0.672. The number of esters is 1. The molecule has 0 aromatic rings. The Balaban J connectivity index is 3.62. The lowest BCUT2D eigenvalue weighted by Gasteiger charge is -1.85. The van der Waals surface area contributed by atoms with Crippen molar-refractivity contribution in [2.24, 2.45) is 0 Å². The van der Waals surface area contributed by atoms with Gasteiger partial charge in [0.25, 0.3) is 0 Å². The maximum Gasteiger partial charge on any atom is 0.330 e. The van der Waals surface area contributed by atoms with Crippen LogP contribution in [0.4, 0.5) is 0 Å². The number of hydrogen-bond acceptors (Lipinski definition) is 2. The van der Waals surface area contributed by atoms with E-state index in [9.17, 15) is 4.79 Å². The average molecular weight is 180 g/mol. The SMILES string of the molecule is CCCC=C/C=C/C=C/C(=O)OC. The summed E-state index contributed by atoms with van der Waals surface area (Å²) in [5.41, 5.74) is 0. The van der Waals surface area contributed by atoms with Crippen molar-refractivity contribution in [3.63, 3.8) is 0 Å². The predicted octanol–water partition coefficient (Wildman–Crippen LogP) is 2.63. The first-order valence-electron chi connectivity index (χ1n) is 4.39. The van der Waals surface area contributed by atoms with Crippen LogP contribution in [0.25, 0.3) is 0 Å². The van der Waals surface area contributed by atoms with Crippen LogP contribution in [0, 0.1) is 0 Å². The number of ether oxygens (including phenoxy) is 1. The molecule has 0 spiro atoms. The summed E-state index contributed by atoms with van der Waals surface area (Å²) in [6.07, 6.45) is 13.0. The zero-order chi connectivity index (χ0) is 9.94. The second kappa shape index (κ2) is 8.78. The van der Waals surface area contributed by atoms with Crippen molar-refractivity contribution in [2.45, 2.75) is 19.8 Å². The van der Waals surface area contributed by atoms with Gasteiger partial charge in [-0.15, -0.1) is 0 Å². The minimum absolute atomic E-state index is 0.331. The summed E-state index contributed by atoms with van der Waals surface area (Å²) in [5.74, 6) is -0.331. The molecule has 0 aliphatic rings. The van der Waals surface area contributed by atoms with Crippen molar-refractivity contribution in [1.82, 2.24) is 0 Å². The van der Waals surface area contributed by atoms with Gasteiger partial charge in [0.1, 0.15) is 0 Å². The van der Waals surface area contributed by atoms with Gasteiger partial charge < -0.3 is 4.74 Å². The maximum atomic E-state index is 10.6. The second-order valence-electron chi connectivity index (χ2n) is 2.48. The highest BCUT2D eigenvalue weighted by molar-refractivity contribution is 5.82. The van der Waals surface area contributed by atoms with Crippen LogP contribution in [-0.2, 0) is 9.53 Å². The quantitative estimate of drug-likeness (QED) is 0.369. The average Bonchev–Trinajstić information content (AvgIpc) is 2.16. The first-order chi connectivity index (χ1) is 6.31. The van der Waals surface area contributed by atoms with Crippen molar-refractivity contribution in [2.75, 3.05) is 7.11 Å². The summed E-state index contributed by atoms with van der Waals surface area (Å²) in [5, 5.41) is 0. The second-order valence-corrected chi connectivity index (χ2v) is 2.48. The summed E-state index contributed by atoms with van der Waals surface area (Å²) in [4.78, 5) is 10.6. The molecular formula is C11H16O2. The van der Waals surface area contributed by atoms with Crippen molar-refractivity contribution in [3.05, 3.63) is 36.5 Å². The molecule has 0 amide bonds. The number of unbranched alkanes of at least 4 members (excludes halogenated alkanes) is 1. The molecule has 0 unspecified atom stereocenters. The first-order valence-corrected chi connectivity index (χ1v) is 4.39. The number of carbonyl (C=O) groups is 1. The molecule has 2 nitrogen and oxygen atoms in total. The van der Waals surface area contributed by atoms with E-state index in [4.69, 9.17) is 0 Å². The summed E-state index contributed by atoms with van der Waals surface area (Å²) in [7, 11) is 1.36. The number of methoxy groups -OCH3 is 1. The highest BCUT2D eigenvalue weighted by atomic mass is 16.5. The summed E-state index contributed by atoms with van der Waals surface area (Å²) in [6.45, 7) is 2.13. The number of rotatable bonds is 5. The van der Waals surface area contributed by atoms with Gasteiger partial charge in [-0.05, 0) is 6.42 Å². The fourth-order valence-corrected chi connectivity index (χ4v) is 0.672. The van der Waals surface area contributed by atoms with Crippen molar-refractivity contribution in [3.8, 4) is 0 Å². The van der Waals surface area contributed by atoms with E-state index >= 15 is 0 Å². The van der Waals surface area contributed by atoms with E-state index in [2.05, 4.69) is 17.7 Å². The Hall–Kier alpha value is -1.31. The molecule has 0 bridgehead atoms. The molecule has 0 aliphatic heterocycles. The molecule has 0 fully saturated rings. The Labute approximate surface area is 79.6 Å². The molecule has 0 aromatic carbocycles.